The van der Waals surface area contributed by atoms with Crippen LogP contribution in [-0.2, 0) is 9.47 Å². The first-order chi connectivity index (χ1) is 11.8. The fourth-order valence-electron chi connectivity index (χ4n) is 4.83. The predicted molar refractivity (Wildman–Crippen MR) is 93.2 cm³/mol. The number of fused-ring (bicyclic) bond motifs is 3. The highest BCUT2D eigenvalue weighted by molar-refractivity contribution is 5.91. The smallest absolute Gasteiger partial charge is 0.338 e. The molecular formula is C20H27NO3. The molecule has 4 nitrogen and oxygen atoms in total. The molecule has 2 heterocycles. The standard InChI is InChI=1S/C20H27NO3/c1-2-23-20(22)14-9-10-15-17(12-14)21-18(13-6-3-4-7-13)16-8-5-11-24-19(15)16/h9-10,12-13,16,18-19,21H,2-8,11H2,1H3/t16-,18+,19+/m0/s1. The second-order valence-electron chi connectivity index (χ2n) is 7.33. The number of carbonyl (C=O) groups is 1. The number of hydrogen-bond acceptors (Lipinski definition) is 4. The van der Waals surface area contributed by atoms with Crippen molar-refractivity contribution in [1.82, 2.24) is 0 Å². The number of hydrogen-bond donors (Lipinski definition) is 1. The third-order valence-electron chi connectivity index (χ3n) is 5.93. The summed E-state index contributed by atoms with van der Waals surface area (Å²) in [6.07, 6.45) is 7.88. The summed E-state index contributed by atoms with van der Waals surface area (Å²) in [4.78, 5) is 12.1. The summed E-state index contributed by atoms with van der Waals surface area (Å²) >= 11 is 0. The van der Waals surface area contributed by atoms with Crippen LogP contribution in [0.15, 0.2) is 18.2 Å². The van der Waals surface area contributed by atoms with Crippen LogP contribution < -0.4 is 5.32 Å². The number of esters is 1. The second-order valence-corrected chi connectivity index (χ2v) is 7.33. The van der Waals surface area contributed by atoms with Crippen molar-refractivity contribution in [3.63, 3.8) is 0 Å². The van der Waals surface area contributed by atoms with Gasteiger partial charge < -0.3 is 14.8 Å². The van der Waals surface area contributed by atoms with Crippen LogP contribution in [0.3, 0.4) is 0 Å². The molecule has 4 heteroatoms. The number of carbonyl (C=O) groups excluding carboxylic acids is 1. The van der Waals surface area contributed by atoms with Crippen molar-refractivity contribution in [2.75, 3.05) is 18.5 Å². The molecule has 1 aliphatic carbocycles. The van der Waals surface area contributed by atoms with Gasteiger partial charge >= 0.3 is 5.97 Å². The van der Waals surface area contributed by atoms with Crippen LogP contribution in [0, 0.1) is 11.8 Å². The van der Waals surface area contributed by atoms with E-state index in [1.807, 2.05) is 19.1 Å². The molecule has 0 unspecified atom stereocenters. The summed E-state index contributed by atoms with van der Waals surface area (Å²) < 4.78 is 11.3. The van der Waals surface area contributed by atoms with Crippen LogP contribution >= 0.6 is 0 Å². The highest BCUT2D eigenvalue weighted by Gasteiger charge is 2.42. The second kappa shape index (κ2) is 6.75. The van der Waals surface area contributed by atoms with Crippen LogP contribution in [0.25, 0.3) is 0 Å². The molecule has 1 aromatic carbocycles. The highest BCUT2D eigenvalue weighted by Crippen LogP contribution is 2.48. The van der Waals surface area contributed by atoms with Crippen molar-refractivity contribution in [3.8, 4) is 0 Å². The maximum atomic E-state index is 12.1. The molecule has 3 atom stereocenters. The molecule has 1 N–H and O–H groups in total. The predicted octanol–water partition coefficient (Wildman–Crippen LogP) is 4.32. The van der Waals surface area contributed by atoms with Gasteiger partial charge in [-0.2, -0.15) is 0 Å². The lowest BCUT2D eigenvalue weighted by Crippen LogP contribution is -2.45. The van der Waals surface area contributed by atoms with Gasteiger partial charge in [0.15, 0.2) is 0 Å². The van der Waals surface area contributed by atoms with E-state index in [0.717, 1.165) is 24.6 Å². The zero-order valence-electron chi connectivity index (χ0n) is 14.4. The summed E-state index contributed by atoms with van der Waals surface area (Å²) in [5, 5.41) is 3.79. The maximum absolute atomic E-state index is 12.1. The molecular weight excluding hydrogens is 302 g/mol. The zero-order chi connectivity index (χ0) is 16.5. The van der Waals surface area contributed by atoms with Gasteiger partial charge in [-0.15, -0.1) is 0 Å². The topological polar surface area (TPSA) is 47.6 Å². The number of ether oxygens (including phenoxy) is 2. The van der Waals surface area contributed by atoms with E-state index in [0.29, 0.717) is 24.1 Å². The van der Waals surface area contributed by atoms with Crippen LogP contribution in [0.2, 0.25) is 0 Å². The summed E-state index contributed by atoms with van der Waals surface area (Å²) in [5.74, 6) is 1.05. The van der Waals surface area contributed by atoms with Gasteiger partial charge in [0, 0.05) is 29.8 Å². The molecule has 0 aromatic heterocycles. The first-order valence-corrected chi connectivity index (χ1v) is 9.47. The first-order valence-electron chi connectivity index (χ1n) is 9.47. The number of anilines is 1. The fraction of sp³-hybridized carbons (Fsp3) is 0.650. The molecule has 1 saturated heterocycles. The van der Waals surface area contributed by atoms with Crippen LogP contribution in [-0.4, -0.2) is 25.2 Å². The van der Waals surface area contributed by atoms with E-state index in [1.54, 1.807) is 0 Å². The summed E-state index contributed by atoms with van der Waals surface area (Å²) in [6.45, 7) is 3.09. The number of benzene rings is 1. The summed E-state index contributed by atoms with van der Waals surface area (Å²) in [7, 11) is 0. The van der Waals surface area contributed by atoms with E-state index in [2.05, 4.69) is 11.4 Å². The molecule has 4 rings (SSSR count). The Hall–Kier alpha value is -1.55. The molecule has 2 aliphatic heterocycles. The number of rotatable bonds is 3. The molecule has 0 radical (unpaired) electrons. The van der Waals surface area contributed by atoms with Crippen molar-refractivity contribution in [2.45, 2.75) is 57.6 Å². The minimum Gasteiger partial charge on any atom is -0.462 e. The Labute approximate surface area is 143 Å². The Morgan fingerprint density at radius 1 is 1.25 bits per heavy atom. The molecule has 3 aliphatic rings. The van der Waals surface area contributed by atoms with Crippen molar-refractivity contribution in [1.29, 1.82) is 0 Å². The average molecular weight is 329 g/mol. The van der Waals surface area contributed by atoms with E-state index in [9.17, 15) is 4.79 Å². The molecule has 1 saturated carbocycles. The lowest BCUT2D eigenvalue weighted by molar-refractivity contribution is -0.0437. The van der Waals surface area contributed by atoms with Crippen molar-refractivity contribution in [3.05, 3.63) is 29.3 Å². The van der Waals surface area contributed by atoms with E-state index in [1.165, 1.54) is 37.7 Å². The van der Waals surface area contributed by atoms with Gasteiger partial charge in [0.2, 0.25) is 0 Å². The van der Waals surface area contributed by atoms with Crippen molar-refractivity contribution < 1.29 is 14.3 Å². The Kier molecular flexibility index (Phi) is 4.49. The lowest BCUT2D eigenvalue weighted by atomic mass is 9.74. The van der Waals surface area contributed by atoms with E-state index < -0.39 is 0 Å². The van der Waals surface area contributed by atoms with E-state index in [-0.39, 0.29) is 12.1 Å². The van der Waals surface area contributed by atoms with Crippen LogP contribution in [0.5, 0.6) is 0 Å². The monoisotopic (exact) mass is 329 g/mol. The van der Waals surface area contributed by atoms with Crippen LogP contribution in [0.4, 0.5) is 5.69 Å². The van der Waals surface area contributed by atoms with Crippen molar-refractivity contribution >= 4 is 11.7 Å². The van der Waals surface area contributed by atoms with Crippen LogP contribution in [0.1, 0.15) is 67.5 Å². The molecule has 0 spiro atoms. The third kappa shape index (κ3) is 2.81. The quantitative estimate of drug-likeness (QED) is 0.839. The van der Waals surface area contributed by atoms with E-state index in [4.69, 9.17) is 9.47 Å². The largest absolute Gasteiger partial charge is 0.462 e. The van der Waals surface area contributed by atoms with Crippen molar-refractivity contribution in [2.24, 2.45) is 11.8 Å². The Morgan fingerprint density at radius 2 is 2.08 bits per heavy atom. The van der Waals surface area contributed by atoms with E-state index >= 15 is 0 Å². The zero-order valence-corrected chi connectivity index (χ0v) is 14.4. The summed E-state index contributed by atoms with van der Waals surface area (Å²) in [5.41, 5.74) is 2.91. The Balaban J connectivity index is 1.66. The molecule has 24 heavy (non-hydrogen) atoms. The Bertz CT molecular complexity index is 609. The minimum absolute atomic E-state index is 0.178. The van der Waals surface area contributed by atoms with Gasteiger partial charge in [-0.3, -0.25) is 0 Å². The first kappa shape index (κ1) is 15.9. The van der Waals surface area contributed by atoms with Gasteiger partial charge in [0.05, 0.1) is 18.3 Å². The minimum atomic E-state index is -0.244. The van der Waals surface area contributed by atoms with Gasteiger partial charge in [-0.25, -0.2) is 4.79 Å². The third-order valence-corrected chi connectivity index (χ3v) is 5.93. The normalized spacial score (nSPS) is 29.5. The number of nitrogens with one attached hydrogen (secondary N) is 1. The van der Waals surface area contributed by atoms with Gasteiger partial charge in [0.25, 0.3) is 0 Å². The molecule has 130 valence electrons. The molecule has 2 fully saturated rings. The lowest BCUT2D eigenvalue weighted by Gasteiger charge is -2.45. The molecule has 0 amide bonds. The highest BCUT2D eigenvalue weighted by atomic mass is 16.5. The molecule has 0 bridgehead atoms. The maximum Gasteiger partial charge on any atom is 0.338 e. The summed E-state index contributed by atoms with van der Waals surface area (Å²) in [6, 6.07) is 6.37. The van der Waals surface area contributed by atoms with Gasteiger partial charge in [-0.1, -0.05) is 18.9 Å². The fourth-order valence-corrected chi connectivity index (χ4v) is 4.83. The Morgan fingerprint density at radius 3 is 2.88 bits per heavy atom. The van der Waals surface area contributed by atoms with Gasteiger partial charge in [-0.05, 0) is 50.7 Å². The van der Waals surface area contributed by atoms with Gasteiger partial charge in [0.1, 0.15) is 0 Å². The average Bonchev–Trinajstić information content (AvgIpc) is 3.15. The SMILES string of the molecule is CCOC(=O)c1ccc2c(c1)N[C@H](C1CCCC1)[C@@H]1CCCO[C@H]21. The molecule has 1 aromatic rings.